The van der Waals surface area contributed by atoms with E-state index in [0.717, 1.165) is 50.5 Å². The summed E-state index contributed by atoms with van der Waals surface area (Å²) in [5, 5.41) is 0. The lowest BCUT2D eigenvalue weighted by atomic mass is 9.91. The number of benzene rings is 2. The molecule has 1 saturated heterocycles. The van der Waals surface area contributed by atoms with Crippen LogP contribution in [0.2, 0.25) is 0 Å². The Balaban J connectivity index is 0.00000280. The van der Waals surface area contributed by atoms with Crippen LogP contribution in [0.1, 0.15) is 30.6 Å². The maximum atomic E-state index is 13.4. The normalized spacial score (nSPS) is 19.6. The molecule has 1 heterocycles. The van der Waals surface area contributed by atoms with E-state index in [0.29, 0.717) is 5.92 Å². The number of carbonyl (C=O) groups excluding carboxylic acids is 1. The lowest BCUT2D eigenvalue weighted by Gasteiger charge is -2.42. The fraction of sp³-hybridized carbons (Fsp3) is 0.435. The first-order valence-corrected chi connectivity index (χ1v) is 9.94. The summed E-state index contributed by atoms with van der Waals surface area (Å²) >= 11 is 0. The summed E-state index contributed by atoms with van der Waals surface area (Å²) < 4.78 is 5.50. The third-order valence-corrected chi connectivity index (χ3v) is 5.31. The summed E-state index contributed by atoms with van der Waals surface area (Å²) in [6.45, 7) is 8.77. The lowest BCUT2D eigenvalue weighted by Crippen LogP contribution is -2.53. The number of likely N-dealkylation sites (tertiary alicyclic amines) is 1. The van der Waals surface area contributed by atoms with Gasteiger partial charge in [0, 0.05) is 43.5 Å². The second kappa shape index (κ2) is 11.2. The highest BCUT2D eigenvalue weighted by Gasteiger charge is 2.34. The molecule has 0 aliphatic carbocycles. The number of para-hydroxylation sites is 1. The Morgan fingerprint density at radius 3 is 2.36 bits per heavy atom. The van der Waals surface area contributed by atoms with E-state index in [2.05, 4.69) is 11.8 Å². The van der Waals surface area contributed by atoms with Gasteiger partial charge in [-0.1, -0.05) is 43.3 Å². The number of halogens is 1. The number of hydrogen-bond acceptors (Lipinski definition) is 3. The van der Waals surface area contributed by atoms with Gasteiger partial charge in [-0.15, -0.1) is 12.4 Å². The van der Waals surface area contributed by atoms with Crippen LogP contribution in [-0.4, -0.2) is 49.7 Å². The summed E-state index contributed by atoms with van der Waals surface area (Å²) in [7, 11) is 0. The van der Waals surface area contributed by atoms with Crippen molar-refractivity contribution in [3.8, 4) is 0 Å². The minimum absolute atomic E-state index is 0. The van der Waals surface area contributed by atoms with Crippen LogP contribution >= 0.6 is 12.4 Å². The van der Waals surface area contributed by atoms with Crippen molar-refractivity contribution in [3.63, 3.8) is 0 Å². The molecule has 0 bridgehead atoms. The Morgan fingerprint density at radius 2 is 1.75 bits per heavy atom. The maximum Gasteiger partial charge on any atom is 0.258 e. The Bertz CT molecular complexity index is 711. The summed E-state index contributed by atoms with van der Waals surface area (Å²) in [6.07, 6.45) is 0.973. The van der Waals surface area contributed by atoms with Gasteiger partial charge >= 0.3 is 0 Å². The molecule has 1 aliphatic rings. The molecular weight excluding hydrogens is 372 g/mol. The number of ether oxygens (including phenoxy) is 1. The van der Waals surface area contributed by atoms with Gasteiger partial charge in [0.15, 0.2) is 0 Å². The number of anilines is 1. The van der Waals surface area contributed by atoms with Crippen molar-refractivity contribution in [2.45, 2.75) is 26.3 Å². The molecule has 4 nitrogen and oxygen atoms in total. The van der Waals surface area contributed by atoms with Crippen LogP contribution in [0.3, 0.4) is 0 Å². The second-order valence-electron chi connectivity index (χ2n) is 7.21. The first-order valence-electron chi connectivity index (χ1n) is 9.94. The van der Waals surface area contributed by atoms with Crippen molar-refractivity contribution in [2.75, 3.05) is 37.7 Å². The zero-order valence-corrected chi connectivity index (χ0v) is 17.6. The second-order valence-corrected chi connectivity index (χ2v) is 7.21. The quantitative estimate of drug-likeness (QED) is 0.639. The minimum Gasteiger partial charge on any atom is -0.380 e. The van der Waals surface area contributed by atoms with Gasteiger partial charge in [0.25, 0.3) is 5.91 Å². The van der Waals surface area contributed by atoms with Crippen LogP contribution < -0.4 is 4.90 Å². The summed E-state index contributed by atoms with van der Waals surface area (Å²) in [6, 6.07) is 19.9. The maximum absolute atomic E-state index is 13.4. The molecule has 0 N–H and O–H groups in total. The van der Waals surface area contributed by atoms with Crippen molar-refractivity contribution < 1.29 is 9.53 Å². The molecule has 5 heteroatoms. The molecule has 2 unspecified atom stereocenters. The molecule has 0 spiro atoms. The number of piperidine rings is 1. The van der Waals surface area contributed by atoms with E-state index in [1.165, 1.54) is 0 Å². The van der Waals surface area contributed by atoms with Crippen LogP contribution in [0, 0.1) is 5.92 Å². The molecular formula is C23H31ClN2O2. The predicted octanol–water partition coefficient (Wildman–Crippen LogP) is 4.50. The predicted molar refractivity (Wildman–Crippen MR) is 117 cm³/mol. The summed E-state index contributed by atoms with van der Waals surface area (Å²) in [5.41, 5.74) is 1.72. The fourth-order valence-corrected chi connectivity index (χ4v) is 3.91. The zero-order valence-electron chi connectivity index (χ0n) is 16.8. The molecule has 0 radical (unpaired) electrons. The van der Waals surface area contributed by atoms with E-state index < -0.39 is 0 Å². The monoisotopic (exact) mass is 402 g/mol. The SMILES string of the molecule is CCOCCN1CCC(N(C(=O)c2ccccc2)c2ccccc2)C(C)C1.Cl. The molecule has 1 amide bonds. The molecule has 2 atom stereocenters. The molecule has 2 aromatic rings. The Kier molecular flexibility index (Phi) is 8.97. The molecule has 1 fully saturated rings. The summed E-state index contributed by atoms with van der Waals surface area (Å²) in [4.78, 5) is 17.8. The first kappa shape index (κ1) is 22.4. The van der Waals surface area contributed by atoms with Gasteiger partial charge in [0.05, 0.1) is 6.61 Å². The van der Waals surface area contributed by atoms with Gasteiger partial charge in [-0.3, -0.25) is 4.79 Å². The largest absolute Gasteiger partial charge is 0.380 e. The van der Waals surface area contributed by atoms with E-state index in [-0.39, 0.29) is 24.4 Å². The Labute approximate surface area is 174 Å². The van der Waals surface area contributed by atoms with Gasteiger partial charge in [-0.25, -0.2) is 0 Å². The van der Waals surface area contributed by atoms with Crippen molar-refractivity contribution in [1.29, 1.82) is 0 Å². The van der Waals surface area contributed by atoms with Crippen molar-refractivity contribution in [1.82, 2.24) is 4.90 Å². The third kappa shape index (κ3) is 5.57. The fourth-order valence-electron chi connectivity index (χ4n) is 3.91. The Morgan fingerprint density at radius 1 is 1.11 bits per heavy atom. The van der Waals surface area contributed by atoms with Gasteiger partial charge in [-0.05, 0) is 43.5 Å². The third-order valence-electron chi connectivity index (χ3n) is 5.31. The van der Waals surface area contributed by atoms with Gasteiger partial charge in [-0.2, -0.15) is 0 Å². The number of hydrogen-bond donors (Lipinski definition) is 0. The molecule has 3 rings (SSSR count). The Hall–Kier alpha value is -1.88. The molecule has 0 saturated carbocycles. The van der Waals surface area contributed by atoms with Crippen molar-refractivity contribution in [3.05, 3.63) is 66.2 Å². The standard InChI is InChI=1S/C23H30N2O2.ClH/c1-3-27-17-16-24-15-14-22(19(2)18-24)25(21-12-8-5-9-13-21)23(26)20-10-6-4-7-11-20;/h4-13,19,22H,3,14-18H2,1-2H3;1H. The average Bonchev–Trinajstić information content (AvgIpc) is 2.71. The number of rotatable bonds is 7. The number of carbonyl (C=O) groups is 1. The van der Waals surface area contributed by atoms with Crippen LogP contribution in [-0.2, 0) is 4.74 Å². The summed E-state index contributed by atoms with van der Waals surface area (Å²) in [5.74, 6) is 0.481. The first-order chi connectivity index (χ1) is 13.2. The van der Waals surface area contributed by atoms with Crippen LogP contribution in [0.4, 0.5) is 5.69 Å². The van der Waals surface area contributed by atoms with Crippen molar-refractivity contribution >= 4 is 24.0 Å². The van der Waals surface area contributed by atoms with E-state index in [9.17, 15) is 4.79 Å². The average molecular weight is 403 g/mol. The van der Waals surface area contributed by atoms with Crippen molar-refractivity contribution in [2.24, 2.45) is 5.92 Å². The van der Waals surface area contributed by atoms with Crippen LogP contribution in [0.15, 0.2) is 60.7 Å². The van der Waals surface area contributed by atoms with E-state index in [1.807, 2.05) is 72.5 Å². The van der Waals surface area contributed by atoms with E-state index in [1.54, 1.807) is 0 Å². The lowest BCUT2D eigenvalue weighted by molar-refractivity contribution is 0.0812. The van der Waals surface area contributed by atoms with E-state index in [4.69, 9.17) is 4.74 Å². The topological polar surface area (TPSA) is 32.8 Å². The molecule has 152 valence electrons. The van der Waals surface area contributed by atoms with Crippen LogP contribution in [0.25, 0.3) is 0 Å². The zero-order chi connectivity index (χ0) is 19.1. The molecule has 28 heavy (non-hydrogen) atoms. The van der Waals surface area contributed by atoms with Gasteiger partial charge < -0.3 is 14.5 Å². The van der Waals surface area contributed by atoms with E-state index >= 15 is 0 Å². The molecule has 1 aliphatic heterocycles. The van der Waals surface area contributed by atoms with Gasteiger partial charge in [0.1, 0.15) is 0 Å². The molecule has 2 aromatic carbocycles. The smallest absolute Gasteiger partial charge is 0.258 e. The minimum atomic E-state index is 0. The van der Waals surface area contributed by atoms with Crippen LogP contribution in [0.5, 0.6) is 0 Å². The molecule has 0 aromatic heterocycles. The highest BCUT2D eigenvalue weighted by atomic mass is 35.5. The highest BCUT2D eigenvalue weighted by molar-refractivity contribution is 6.06. The van der Waals surface area contributed by atoms with Gasteiger partial charge in [0.2, 0.25) is 0 Å². The number of nitrogens with zero attached hydrogens (tertiary/aromatic N) is 2. The highest BCUT2D eigenvalue weighted by Crippen LogP contribution is 2.29. The number of amides is 1.